The zero-order chi connectivity index (χ0) is 12.5. The summed E-state index contributed by atoms with van der Waals surface area (Å²) in [6.45, 7) is 0. The molecule has 2 aromatic rings. The van der Waals surface area contributed by atoms with E-state index < -0.39 is 6.04 Å². The Morgan fingerprint density at radius 3 is 3.06 bits per heavy atom. The molecule has 8 heteroatoms. The molecule has 1 unspecified atom stereocenters. The number of rotatable bonds is 2. The predicted molar refractivity (Wildman–Crippen MR) is 72.2 cm³/mol. The van der Waals surface area contributed by atoms with Crippen molar-refractivity contribution in [2.24, 2.45) is 0 Å². The molecule has 3 rings (SSSR count). The van der Waals surface area contributed by atoms with Gasteiger partial charge in [-0.25, -0.2) is 9.71 Å². The van der Waals surface area contributed by atoms with E-state index in [-0.39, 0.29) is 11.7 Å². The Morgan fingerprint density at radius 1 is 1.39 bits per heavy atom. The van der Waals surface area contributed by atoms with E-state index in [2.05, 4.69) is 15.0 Å². The summed E-state index contributed by atoms with van der Waals surface area (Å²) >= 11 is 3.99. The highest BCUT2D eigenvalue weighted by atomic mass is 32.2. The predicted octanol–water partition coefficient (Wildman–Crippen LogP) is 2.00. The van der Waals surface area contributed by atoms with E-state index in [9.17, 15) is 9.59 Å². The van der Waals surface area contributed by atoms with E-state index in [1.165, 1.54) is 34.6 Å². The summed E-state index contributed by atoms with van der Waals surface area (Å²) in [6.07, 6.45) is 1.60. The molecular weight excluding hydrogens is 290 g/mol. The molecule has 1 aliphatic heterocycles. The number of hydrogen-bond acceptors (Lipinski definition) is 7. The van der Waals surface area contributed by atoms with Gasteiger partial charge in [0.05, 0.1) is 4.88 Å². The first-order valence-electron chi connectivity index (χ1n) is 5.00. The van der Waals surface area contributed by atoms with E-state index in [4.69, 9.17) is 0 Å². The number of anilines is 1. The summed E-state index contributed by atoms with van der Waals surface area (Å²) in [7, 11) is 0. The summed E-state index contributed by atoms with van der Waals surface area (Å²) in [5, 5.41) is 6.73. The van der Waals surface area contributed by atoms with Gasteiger partial charge in [-0.05, 0) is 23.4 Å². The minimum atomic E-state index is -0.856. The number of hydrogen-bond donors (Lipinski definition) is 2. The minimum absolute atomic E-state index is 0.187. The van der Waals surface area contributed by atoms with Gasteiger partial charge in [0.2, 0.25) is 5.78 Å². The molecule has 0 saturated heterocycles. The van der Waals surface area contributed by atoms with Gasteiger partial charge in [0.1, 0.15) is 0 Å². The maximum absolute atomic E-state index is 12.1. The van der Waals surface area contributed by atoms with Gasteiger partial charge in [-0.1, -0.05) is 0 Å². The lowest BCUT2D eigenvalue weighted by molar-refractivity contribution is -0.116. The van der Waals surface area contributed by atoms with Crippen LogP contribution in [0.4, 0.5) is 5.13 Å². The van der Waals surface area contributed by atoms with Gasteiger partial charge in [0, 0.05) is 16.5 Å². The SMILES string of the molecule is O=C(Nc1nccs1)C1NSc2ccsc2C1=O. The number of carbonyl (C=O) groups is 2. The number of nitrogens with zero attached hydrogens (tertiary/aromatic N) is 1. The number of aromatic nitrogens is 1. The number of ketones is 1. The van der Waals surface area contributed by atoms with Crippen LogP contribution in [0.25, 0.3) is 0 Å². The van der Waals surface area contributed by atoms with Gasteiger partial charge in [-0.2, -0.15) is 0 Å². The second-order valence-corrected chi connectivity index (χ2v) is 6.15. The van der Waals surface area contributed by atoms with E-state index >= 15 is 0 Å². The fourth-order valence-corrected chi connectivity index (χ4v) is 3.93. The third-order valence-electron chi connectivity index (χ3n) is 2.33. The molecule has 1 aliphatic rings. The summed E-state index contributed by atoms with van der Waals surface area (Å²) < 4.78 is 2.86. The monoisotopic (exact) mass is 297 g/mol. The summed E-state index contributed by atoms with van der Waals surface area (Å²) in [4.78, 5) is 29.5. The van der Waals surface area contributed by atoms with Gasteiger partial charge < -0.3 is 5.32 Å². The lowest BCUT2D eigenvalue weighted by atomic mass is 10.1. The van der Waals surface area contributed by atoms with Gasteiger partial charge in [0.25, 0.3) is 5.91 Å². The smallest absolute Gasteiger partial charge is 0.252 e. The fraction of sp³-hybridized carbons (Fsp3) is 0.100. The molecule has 0 aromatic carbocycles. The van der Waals surface area contributed by atoms with E-state index in [1.54, 1.807) is 11.6 Å². The van der Waals surface area contributed by atoms with Gasteiger partial charge in [0.15, 0.2) is 11.2 Å². The zero-order valence-electron chi connectivity index (χ0n) is 8.88. The van der Waals surface area contributed by atoms with E-state index in [0.29, 0.717) is 10.0 Å². The Balaban J connectivity index is 1.78. The molecule has 5 nitrogen and oxygen atoms in total. The highest BCUT2D eigenvalue weighted by Gasteiger charge is 2.34. The summed E-state index contributed by atoms with van der Waals surface area (Å²) in [6, 6.07) is 1.01. The molecule has 18 heavy (non-hydrogen) atoms. The lowest BCUT2D eigenvalue weighted by Gasteiger charge is -2.20. The van der Waals surface area contributed by atoms with Crippen LogP contribution in [0.5, 0.6) is 0 Å². The molecule has 0 bridgehead atoms. The molecule has 1 amide bonds. The van der Waals surface area contributed by atoms with Crippen LogP contribution in [0.15, 0.2) is 27.9 Å². The van der Waals surface area contributed by atoms with Crippen molar-refractivity contribution in [3.63, 3.8) is 0 Å². The Morgan fingerprint density at radius 2 is 2.28 bits per heavy atom. The van der Waals surface area contributed by atoms with Gasteiger partial charge in [-0.15, -0.1) is 22.7 Å². The third kappa shape index (κ3) is 2.07. The standard InChI is InChI=1S/C10H7N3O2S3/c14-7-6(9(15)12-10-11-2-4-17-10)13-18-5-1-3-16-8(5)7/h1-4,6,13H,(H,11,12,15). The molecule has 0 saturated carbocycles. The van der Waals surface area contributed by atoms with Crippen molar-refractivity contribution in [3.05, 3.63) is 27.9 Å². The molecular formula is C10H7N3O2S3. The first kappa shape index (κ1) is 11.8. The molecule has 0 radical (unpaired) electrons. The number of thiophene rings is 1. The molecule has 0 aliphatic carbocycles. The highest BCUT2D eigenvalue weighted by Crippen LogP contribution is 2.31. The number of nitrogens with one attached hydrogen (secondary N) is 2. The van der Waals surface area contributed by atoms with Crippen LogP contribution in [0, 0.1) is 0 Å². The van der Waals surface area contributed by atoms with E-state index in [1.807, 2.05) is 11.4 Å². The van der Waals surface area contributed by atoms with Crippen LogP contribution < -0.4 is 10.0 Å². The Hall–Kier alpha value is -1.22. The zero-order valence-corrected chi connectivity index (χ0v) is 11.3. The molecule has 1 atom stereocenters. The van der Waals surface area contributed by atoms with Crippen LogP contribution in [0.1, 0.15) is 9.67 Å². The number of carbonyl (C=O) groups excluding carboxylic acids is 2. The Labute approximate surface area is 115 Å². The second kappa shape index (κ2) is 4.81. The number of thiazole rings is 1. The second-order valence-electron chi connectivity index (χ2n) is 3.46. The molecule has 92 valence electrons. The van der Waals surface area contributed by atoms with Crippen LogP contribution in [-0.2, 0) is 4.79 Å². The van der Waals surface area contributed by atoms with Crippen LogP contribution in [-0.4, -0.2) is 22.7 Å². The first-order chi connectivity index (χ1) is 8.75. The molecule has 3 heterocycles. The average Bonchev–Trinajstić information content (AvgIpc) is 2.99. The highest BCUT2D eigenvalue weighted by molar-refractivity contribution is 7.97. The van der Waals surface area contributed by atoms with Crippen molar-refractivity contribution in [2.75, 3.05) is 5.32 Å². The van der Waals surface area contributed by atoms with Crippen molar-refractivity contribution in [3.8, 4) is 0 Å². The Kier molecular flexibility index (Phi) is 3.16. The van der Waals surface area contributed by atoms with Crippen LogP contribution >= 0.6 is 34.6 Å². The molecule has 2 aromatic heterocycles. The van der Waals surface area contributed by atoms with Crippen molar-refractivity contribution >= 4 is 51.4 Å². The average molecular weight is 297 g/mol. The number of fused-ring (bicyclic) bond motifs is 1. The summed E-state index contributed by atoms with van der Waals surface area (Å²) in [5.41, 5.74) is 0. The minimum Gasteiger partial charge on any atom is -0.300 e. The third-order valence-corrected chi connectivity index (χ3v) is 4.99. The largest absolute Gasteiger partial charge is 0.300 e. The van der Waals surface area contributed by atoms with Crippen molar-refractivity contribution in [2.45, 2.75) is 10.9 Å². The van der Waals surface area contributed by atoms with Crippen molar-refractivity contribution in [1.82, 2.24) is 9.71 Å². The van der Waals surface area contributed by atoms with Crippen molar-refractivity contribution in [1.29, 1.82) is 0 Å². The quantitative estimate of drug-likeness (QED) is 0.655. The van der Waals surface area contributed by atoms with Crippen LogP contribution in [0.3, 0.4) is 0 Å². The Bertz CT molecular complexity index is 593. The molecule has 0 spiro atoms. The molecule has 2 N–H and O–H groups in total. The van der Waals surface area contributed by atoms with Gasteiger partial charge >= 0.3 is 0 Å². The van der Waals surface area contributed by atoms with Gasteiger partial charge in [-0.3, -0.25) is 9.59 Å². The van der Waals surface area contributed by atoms with Crippen molar-refractivity contribution < 1.29 is 9.59 Å². The normalized spacial score (nSPS) is 18.4. The first-order valence-corrected chi connectivity index (χ1v) is 7.58. The fourth-order valence-electron chi connectivity index (χ4n) is 1.50. The number of amides is 1. The lowest BCUT2D eigenvalue weighted by Crippen LogP contribution is -2.45. The van der Waals surface area contributed by atoms with Crippen LogP contribution in [0.2, 0.25) is 0 Å². The maximum Gasteiger partial charge on any atom is 0.252 e. The number of Topliss-reactive ketones (excluding diaryl/α,β-unsaturated/α-hetero) is 1. The maximum atomic E-state index is 12.1. The topological polar surface area (TPSA) is 71.1 Å². The summed E-state index contributed by atoms with van der Waals surface area (Å²) in [5.74, 6) is -0.561. The van der Waals surface area contributed by atoms with E-state index in [0.717, 1.165) is 4.90 Å². The molecule has 0 fully saturated rings.